The van der Waals surface area contributed by atoms with Crippen LogP contribution in [0.5, 0.6) is 0 Å². The van der Waals surface area contributed by atoms with Crippen molar-refractivity contribution in [3.05, 3.63) is 35.9 Å². The van der Waals surface area contributed by atoms with E-state index in [0.717, 1.165) is 5.56 Å². The van der Waals surface area contributed by atoms with Crippen molar-refractivity contribution in [2.24, 2.45) is 11.7 Å². The molecule has 5 N–H and O–H groups in total. The minimum atomic E-state index is -1.58. The average molecular weight is 278 g/mol. The van der Waals surface area contributed by atoms with E-state index in [-0.39, 0.29) is 11.8 Å². The molecule has 0 radical (unpaired) electrons. The van der Waals surface area contributed by atoms with Gasteiger partial charge in [0.1, 0.15) is 0 Å². The molecule has 0 saturated heterocycles. The molecule has 0 spiro atoms. The van der Waals surface area contributed by atoms with Crippen LogP contribution in [0.2, 0.25) is 0 Å². The Bertz CT molecular complexity index is 412. The minimum Gasteiger partial charge on any atom is -0.426 e. The lowest BCUT2D eigenvalue weighted by atomic mass is 9.75. The molecule has 0 aliphatic heterocycles. The fourth-order valence-corrected chi connectivity index (χ4v) is 2.01. The number of rotatable bonds is 7. The van der Waals surface area contributed by atoms with Crippen molar-refractivity contribution in [1.29, 1.82) is 0 Å². The van der Waals surface area contributed by atoms with Gasteiger partial charge >= 0.3 is 7.12 Å². The summed E-state index contributed by atoms with van der Waals surface area (Å²) in [4.78, 5) is 12.0. The van der Waals surface area contributed by atoms with Gasteiger partial charge in [0.15, 0.2) is 0 Å². The number of carbonyl (C=O) groups is 1. The van der Waals surface area contributed by atoms with Crippen LogP contribution in [-0.2, 0) is 11.2 Å². The van der Waals surface area contributed by atoms with E-state index in [2.05, 4.69) is 5.32 Å². The molecule has 0 fully saturated rings. The predicted molar refractivity (Wildman–Crippen MR) is 79.7 cm³/mol. The Kier molecular flexibility index (Phi) is 6.71. The van der Waals surface area contributed by atoms with Crippen LogP contribution < -0.4 is 11.1 Å². The van der Waals surface area contributed by atoms with Crippen LogP contribution in [0.25, 0.3) is 0 Å². The lowest BCUT2D eigenvalue weighted by molar-refractivity contribution is -0.122. The van der Waals surface area contributed by atoms with Crippen LogP contribution in [0.3, 0.4) is 0 Å². The summed E-state index contributed by atoms with van der Waals surface area (Å²) >= 11 is 0. The number of hydrogen-bond donors (Lipinski definition) is 4. The second-order valence-corrected chi connectivity index (χ2v) is 5.45. The number of amides is 1. The zero-order chi connectivity index (χ0) is 15.1. The van der Waals surface area contributed by atoms with E-state index >= 15 is 0 Å². The molecule has 0 aliphatic carbocycles. The maximum absolute atomic E-state index is 12.0. The van der Waals surface area contributed by atoms with Gasteiger partial charge in [0.05, 0.1) is 12.0 Å². The van der Waals surface area contributed by atoms with Gasteiger partial charge in [0.25, 0.3) is 0 Å². The van der Waals surface area contributed by atoms with E-state index in [0.29, 0.717) is 12.8 Å². The fourth-order valence-electron chi connectivity index (χ4n) is 2.01. The van der Waals surface area contributed by atoms with Gasteiger partial charge in [0.2, 0.25) is 5.91 Å². The topological polar surface area (TPSA) is 95.6 Å². The first-order valence-electron chi connectivity index (χ1n) is 6.86. The van der Waals surface area contributed by atoms with E-state index < -0.39 is 19.1 Å². The molecule has 1 aromatic carbocycles. The van der Waals surface area contributed by atoms with Crippen molar-refractivity contribution in [2.75, 3.05) is 0 Å². The van der Waals surface area contributed by atoms with Gasteiger partial charge in [-0.1, -0.05) is 44.2 Å². The van der Waals surface area contributed by atoms with E-state index in [4.69, 9.17) is 5.73 Å². The molecular formula is C14H23BN2O3. The minimum absolute atomic E-state index is 0.243. The molecule has 5 nitrogen and oxygen atoms in total. The monoisotopic (exact) mass is 278 g/mol. The smallest absolute Gasteiger partial charge is 0.426 e. The van der Waals surface area contributed by atoms with Gasteiger partial charge in [0, 0.05) is 0 Å². The molecule has 1 amide bonds. The third-order valence-electron chi connectivity index (χ3n) is 3.05. The summed E-state index contributed by atoms with van der Waals surface area (Å²) in [7, 11) is -1.58. The lowest BCUT2D eigenvalue weighted by Crippen LogP contribution is -2.52. The molecule has 20 heavy (non-hydrogen) atoms. The quantitative estimate of drug-likeness (QED) is 0.532. The zero-order valence-electron chi connectivity index (χ0n) is 12.0. The van der Waals surface area contributed by atoms with Gasteiger partial charge in [-0.3, -0.25) is 4.79 Å². The molecule has 0 bridgehead atoms. The molecule has 0 heterocycles. The molecule has 0 saturated carbocycles. The summed E-state index contributed by atoms with van der Waals surface area (Å²) in [5.74, 6) is -0.815. The molecule has 0 aliphatic rings. The average Bonchev–Trinajstić information content (AvgIpc) is 2.38. The summed E-state index contributed by atoms with van der Waals surface area (Å²) in [6.45, 7) is 3.90. The maximum atomic E-state index is 12.0. The highest BCUT2D eigenvalue weighted by atomic mass is 16.4. The van der Waals surface area contributed by atoms with Crippen molar-refractivity contribution in [2.45, 2.75) is 38.7 Å². The summed E-state index contributed by atoms with van der Waals surface area (Å²) in [5.41, 5.74) is 6.83. The standard InChI is InChI=1S/C14H23BN2O3/c1-10(2)8-13(15(19)20)17-14(18)12(16)9-11-6-4-3-5-7-11/h3-7,10,12-13,19-20H,8-9,16H2,1-2H3,(H,17,18)/t12-,13+/m0/s1. The molecule has 0 aromatic heterocycles. The van der Waals surface area contributed by atoms with Crippen LogP contribution in [0.15, 0.2) is 30.3 Å². The number of hydrogen-bond acceptors (Lipinski definition) is 4. The largest absolute Gasteiger partial charge is 0.475 e. The van der Waals surface area contributed by atoms with Gasteiger partial charge < -0.3 is 21.1 Å². The highest BCUT2D eigenvalue weighted by Crippen LogP contribution is 2.07. The first kappa shape index (κ1) is 16.7. The summed E-state index contributed by atoms with van der Waals surface area (Å²) in [6, 6.07) is 8.78. The number of benzene rings is 1. The molecular weight excluding hydrogens is 255 g/mol. The Morgan fingerprint density at radius 3 is 2.40 bits per heavy atom. The fraction of sp³-hybridized carbons (Fsp3) is 0.500. The van der Waals surface area contributed by atoms with Crippen molar-refractivity contribution >= 4 is 13.0 Å². The second kappa shape index (κ2) is 8.04. The van der Waals surface area contributed by atoms with E-state index in [1.165, 1.54) is 0 Å². The summed E-state index contributed by atoms with van der Waals surface area (Å²) in [6.07, 6.45) is 0.907. The van der Waals surface area contributed by atoms with Crippen molar-refractivity contribution in [1.82, 2.24) is 5.32 Å². The Labute approximate surface area is 120 Å². The van der Waals surface area contributed by atoms with Crippen LogP contribution in [0.1, 0.15) is 25.8 Å². The Morgan fingerprint density at radius 2 is 1.90 bits per heavy atom. The van der Waals surface area contributed by atoms with Crippen molar-refractivity contribution < 1.29 is 14.8 Å². The summed E-state index contributed by atoms with van der Waals surface area (Å²) in [5, 5.41) is 21.2. The Balaban J connectivity index is 2.55. The first-order chi connectivity index (χ1) is 9.40. The molecule has 6 heteroatoms. The Morgan fingerprint density at radius 1 is 1.30 bits per heavy atom. The lowest BCUT2D eigenvalue weighted by Gasteiger charge is -2.21. The number of nitrogens with one attached hydrogen (secondary N) is 1. The maximum Gasteiger partial charge on any atom is 0.475 e. The normalized spacial score (nSPS) is 13.9. The number of nitrogens with two attached hydrogens (primary N) is 1. The Hall–Kier alpha value is -1.37. The second-order valence-electron chi connectivity index (χ2n) is 5.45. The van der Waals surface area contributed by atoms with Crippen LogP contribution in [0.4, 0.5) is 0 Å². The van der Waals surface area contributed by atoms with Crippen molar-refractivity contribution in [3.8, 4) is 0 Å². The van der Waals surface area contributed by atoms with E-state index in [9.17, 15) is 14.8 Å². The van der Waals surface area contributed by atoms with Gasteiger partial charge in [-0.25, -0.2) is 0 Å². The molecule has 2 atom stereocenters. The van der Waals surface area contributed by atoms with Crippen molar-refractivity contribution in [3.63, 3.8) is 0 Å². The third-order valence-corrected chi connectivity index (χ3v) is 3.05. The third kappa shape index (κ3) is 5.73. The van der Waals surface area contributed by atoms with Gasteiger partial charge in [-0.15, -0.1) is 0 Å². The van der Waals surface area contributed by atoms with Crippen LogP contribution in [-0.4, -0.2) is 35.1 Å². The van der Waals surface area contributed by atoms with Crippen LogP contribution in [0, 0.1) is 5.92 Å². The number of carbonyl (C=O) groups excluding carboxylic acids is 1. The highest BCUT2D eigenvalue weighted by Gasteiger charge is 2.27. The summed E-state index contributed by atoms with van der Waals surface area (Å²) < 4.78 is 0. The SMILES string of the molecule is CC(C)C[C@@H](NC(=O)[C@@H](N)Cc1ccccc1)B(O)O. The first-order valence-corrected chi connectivity index (χ1v) is 6.86. The zero-order valence-corrected chi connectivity index (χ0v) is 12.0. The molecule has 0 unspecified atom stereocenters. The molecule has 1 aromatic rings. The predicted octanol–water partition coefficient (Wildman–Crippen LogP) is 0.0993. The highest BCUT2D eigenvalue weighted by molar-refractivity contribution is 6.43. The molecule has 110 valence electrons. The van der Waals surface area contributed by atoms with Gasteiger partial charge in [-0.05, 0) is 24.3 Å². The van der Waals surface area contributed by atoms with Crippen LogP contribution >= 0.6 is 0 Å². The van der Waals surface area contributed by atoms with E-state index in [1.54, 1.807) is 0 Å². The van der Waals surface area contributed by atoms with E-state index in [1.807, 2.05) is 44.2 Å². The van der Waals surface area contributed by atoms with Gasteiger partial charge in [-0.2, -0.15) is 0 Å². The molecule has 1 rings (SSSR count).